The molecule has 0 aliphatic heterocycles. The van der Waals surface area contributed by atoms with Crippen LogP contribution in [0.5, 0.6) is 5.75 Å². The van der Waals surface area contributed by atoms with Gasteiger partial charge in [0.1, 0.15) is 22.9 Å². The first-order chi connectivity index (χ1) is 15.9. The molecule has 0 saturated carbocycles. The number of carbonyl (C=O) groups is 1. The standard InChI is InChI=1S/C26H24ClNO5/c1-16(5-10-20-4-3-13-31-20)28-24(29)15-32-21-11-12-22-23(14-21)33-17(2)25(26(22)30)18-6-8-19(27)9-7-18/h3-4,6-9,11-14,16H,5,10,15H2,1-2H3,(H,28,29). The molecule has 0 fully saturated rings. The number of hydrogen-bond donors (Lipinski definition) is 1. The predicted molar refractivity (Wildman–Crippen MR) is 128 cm³/mol. The molecule has 0 radical (unpaired) electrons. The second-order valence-electron chi connectivity index (χ2n) is 7.90. The van der Waals surface area contributed by atoms with Crippen LogP contribution in [0.4, 0.5) is 0 Å². The molecule has 2 aromatic heterocycles. The van der Waals surface area contributed by atoms with Crippen LogP contribution in [-0.4, -0.2) is 18.6 Å². The highest BCUT2D eigenvalue weighted by molar-refractivity contribution is 6.30. The summed E-state index contributed by atoms with van der Waals surface area (Å²) in [5.41, 5.74) is 1.51. The van der Waals surface area contributed by atoms with Gasteiger partial charge in [0.15, 0.2) is 6.61 Å². The minimum absolute atomic E-state index is 0.0187. The van der Waals surface area contributed by atoms with Crippen LogP contribution in [0, 0.1) is 6.92 Å². The van der Waals surface area contributed by atoms with Crippen LogP contribution < -0.4 is 15.5 Å². The van der Waals surface area contributed by atoms with Gasteiger partial charge in [-0.25, -0.2) is 0 Å². The summed E-state index contributed by atoms with van der Waals surface area (Å²) in [6, 6.07) is 15.7. The van der Waals surface area contributed by atoms with Crippen molar-refractivity contribution in [1.82, 2.24) is 5.32 Å². The van der Waals surface area contributed by atoms with Crippen LogP contribution in [0.1, 0.15) is 24.9 Å². The summed E-state index contributed by atoms with van der Waals surface area (Å²) in [6.45, 7) is 3.55. The van der Waals surface area contributed by atoms with Crippen molar-refractivity contribution >= 4 is 28.5 Å². The molecule has 0 saturated heterocycles. The molecule has 4 aromatic rings. The Bertz CT molecular complexity index is 1310. The third-order valence-electron chi connectivity index (χ3n) is 5.35. The molecule has 33 heavy (non-hydrogen) atoms. The summed E-state index contributed by atoms with van der Waals surface area (Å²) in [5.74, 6) is 1.61. The van der Waals surface area contributed by atoms with E-state index in [4.69, 9.17) is 25.2 Å². The van der Waals surface area contributed by atoms with E-state index in [2.05, 4.69) is 5.32 Å². The van der Waals surface area contributed by atoms with Gasteiger partial charge in [0.25, 0.3) is 5.91 Å². The smallest absolute Gasteiger partial charge is 0.258 e. The van der Waals surface area contributed by atoms with Crippen LogP contribution in [0.25, 0.3) is 22.1 Å². The zero-order valence-electron chi connectivity index (χ0n) is 18.4. The Labute approximate surface area is 196 Å². The van der Waals surface area contributed by atoms with Crippen LogP contribution >= 0.6 is 11.6 Å². The monoisotopic (exact) mass is 465 g/mol. The molecule has 7 heteroatoms. The first-order valence-corrected chi connectivity index (χ1v) is 11.1. The van der Waals surface area contributed by atoms with E-state index in [0.29, 0.717) is 33.1 Å². The topological polar surface area (TPSA) is 81.7 Å². The largest absolute Gasteiger partial charge is 0.484 e. The lowest BCUT2D eigenvalue weighted by molar-refractivity contribution is -0.123. The number of fused-ring (bicyclic) bond motifs is 1. The number of amides is 1. The maximum atomic E-state index is 13.1. The molecule has 0 bridgehead atoms. The van der Waals surface area contributed by atoms with E-state index in [-0.39, 0.29) is 24.0 Å². The van der Waals surface area contributed by atoms with Crippen molar-refractivity contribution in [2.45, 2.75) is 32.7 Å². The summed E-state index contributed by atoms with van der Waals surface area (Å²) in [7, 11) is 0. The van der Waals surface area contributed by atoms with E-state index in [1.165, 1.54) is 0 Å². The van der Waals surface area contributed by atoms with Gasteiger partial charge in [-0.3, -0.25) is 9.59 Å². The summed E-state index contributed by atoms with van der Waals surface area (Å²) < 4.78 is 16.9. The Morgan fingerprint density at radius 1 is 1.15 bits per heavy atom. The lowest BCUT2D eigenvalue weighted by atomic mass is 10.0. The molecule has 0 aliphatic carbocycles. The molecule has 1 N–H and O–H groups in total. The Kier molecular flexibility index (Phi) is 6.84. The molecule has 1 unspecified atom stereocenters. The zero-order chi connectivity index (χ0) is 23.4. The van der Waals surface area contributed by atoms with Gasteiger partial charge in [0, 0.05) is 23.6 Å². The molecule has 6 nitrogen and oxygen atoms in total. The van der Waals surface area contributed by atoms with Crippen molar-refractivity contribution in [2.24, 2.45) is 0 Å². The number of aryl methyl sites for hydroxylation is 2. The number of nitrogens with one attached hydrogen (secondary N) is 1. The third-order valence-corrected chi connectivity index (χ3v) is 5.61. The first kappa shape index (κ1) is 22.7. The fraction of sp³-hybridized carbons (Fsp3) is 0.231. The molecule has 1 atom stereocenters. The Balaban J connectivity index is 1.41. The lowest BCUT2D eigenvalue weighted by Crippen LogP contribution is -2.36. The maximum absolute atomic E-state index is 13.1. The fourth-order valence-corrected chi connectivity index (χ4v) is 3.80. The third kappa shape index (κ3) is 5.46. The van der Waals surface area contributed by atoms with E-state index in [1.54, 1.807) is 55.7 Å². The van der Waals surface area contributed by atoms with Crippen molar-refractivity contribution in [1.29, 1.82) is 0 Å². The molecule has 0 spiro atoms. The number of furan rings is 1. The molecule has 0 aliphatic rings. The van der Waals surface area contributed by atoms with Crippen LogP contribution in [-0.2, 0) is 11.2 Å². The molecular formula is C26H24ClNO5. The van der Waals surface area contributed by atoms with Crippen molar-refractivity contribution in [3.63, 3.8) is 0 Å². The van der Waals surface area contributed by atoms with E-state index in [1.807, 2.05) is 19.1 Å². The van der Waals surface area contributed by atoms with Gasteiger partial charge >= 0.3 is 0 Å². The van der Waals surface area contributed by atoms with Crippen LogP contribution in [0.2, 0.25) is 5.02 Å². The Hall–Kier alpha value is -3.51. The number of hydrogen-bond acceptors (Lipinski definition) is 5. The predicted octanol–water partition coefficient (Wildman–Crippen LogP) is 5.53. The summed E-state index contributed by atoms with van der Waals surface area (Å²) in [5, 5.41) is 3.94. The number of halogens is 1. The van der Waals surface area contributed by atoms with Crippen molar-refractivity contribution in [2.75, 3.05) is 6.61 Å². The van der Waals surface area contributed by atoms with Crippen molar-refractivity contribution in [3.05, 3.63) is 87.6 Å². The van der Waals surface area contributed by atoms with E-state index < -0.39 is 0 Å². The van der Waals surface area contributed by atoms with Gasteiger partial charge in [-0.15, -0.1) is 0 Å². The highest BCUT2D eigenvalue weighted by Crippen LogP contribution is 2.27. The number of carbonyl (C=O) groups excluding carboxylic acids is 1. The van der Waals surface area contributed by atoms with Crippen LogP contribution in [0.15, 0.2) is 74.5 Å². The van der Waals surface area contributed by atoms with E-state index in [9.17, 15) is 9.59 Å². The molecule has 1 amide bonds. The fourth-order valence-electron chi connectivity index (χ4n) is 3.68. The second-order valence-corrected chi connectivity index (χ2v) is 8.34. The second kappa shape index (κ2) is 9.96. The van der Waals surface area contributed by atoms with Gasteiger partial charge in [0.2, 0.25) is 5.43 Å². The summed E-state index contributed by atoms with van der Waals surface area (Å²) in [6.07, 6.45) is 3.14. The minimum atomic E-state index is -0.224. The number of rotatable bonds is 8. The molecule has 170 valence electrons. The number of ether oxygens (including phenoxy) is 1. The Morgan fingerprint density at radius 2 is 1.94 bits per heavy atom. The van der Waals surface area contributed by atoms with E-state index >= 15 is 0 Å². The van der Waals surface area contributed by atoms with Gasteiger partial charge in [0.05, 0.1) is 17.2 Å². The highest BCUT2D eigenvalue weighted by atomic mass is 35.5. The van der Waals surface area contributed by atoms with Gasteiger partial charge in [-0.2, -0.15) is 0 Å². The quantitative estimate of drug-likeness (QED) is 0.370. The van der Waals surface area contributed by atoms with Gasteiger partial charge in [-0.05, 0) is 62.2 Å². The average molecular weight is 466 g/mol. The molecule has 4 rings (SSSR count). The molecule has 2 aromatic carbocycles. The summed E-state index contributed by atoms with van der Waals surface area (Å²) >= 11 is 5.96. The Morgan fingerprint density at radius 3 is 2.67 bits per heavy atom. The average Bonchev–Trinajstić information content (AvgIpc) is 3.31. The van der Waals surface area contributed by atoms with Gasteiger partial charge in [-0.1, -0.05) is 23.7 Å². The van der Waals surface area contributed by atoms with E-state index in [0.717, 1.165) is 24.2 Å². The zero-order valence-corrected chi connectivity index (χ0v) is 19.1. The van der Waals surface area contributed by atoms with Crippen molar-refractivity contribution in [3.8, 4) is 16.9 Å². The highest BCUT2D eigenvalue weighted by Gasteiger charge is 2.15. The van der Waals surface area contributed by atoms with Crippen LogP contribution in [0.3, 0.4) is 0 Å². The molecular weight excluding hydrogens is 442 g/mol. The maximum Gasteiger partial charge on any atom is 0.258 e. The number of benzene rings is 2. The lowest BCUT2D eigenvalue weighted by Gasteiger charge is -2.14. The normalized spacial score (nSPS) is 12.0. The minimum Gasteiger partial charge on any atom is -0.484 e. The van der Waals surface area contributed by atoms with Crippen molar-refractivity contribution < 1.29 is 18.4 Å². The first-order valence-electron chi connectivity index (χ1n) is 10.7. The summed E-state index contributed by atoms with van der Waals surface area (Å²) in [4.78, 5) is 25.3. The SMILES string of the molecule is Cc1oc2cc(OCC(=O)NC(C)CCc3ccco3)ccc2c(=O)c1-c1ccc(Cl)cc1. The van der Waals surface area contributed by atoms with Gasteiger partial charge < -0.3 is 18.9 Å². The molecule has 2 heterocycles.